The highest BCUT2D eigenvalue weighted by atomic mass is 32.1. The Kier molecular flexibility index (Phi) is 4.28. The molecule has 0 unspecified atom stereocenters. The van der Waals surface area contributed by atoms with Crippen molar-refractivity contribution in [2.75, 3.05) is 0 Å². The van der Waals surface area contributed by atoms with E-state index in [1.165, 1.54) is 12.1 Å². The van der Waals surface area contributed by atoms with Gasteiger partial charge in [-0.15, -0.1) is 22.7 Å². The summed E-state index contributed by atoms with van der Waals surface area (Å²) in [4.78, 5) is 16.0. The molecule has 2 heterocycles. The summed E-state index contributed by atoms with van der Waals surface area (Å²) < 4.78 is 0. The van der Waals surface area contributed by atoms with Crippen LogP contribution in [0.25, 0.3) is 10.6 Å². The molecule has 0 saturated carbocycles. The molecule has 5 nitrogen and oxygen atoms in total. The van der Waals surface area contributed by atoms with Gasteiger partial charge in [0.15, 0.2) is 0 Å². The first-order valence-electron chi connectivity index (χ1n) is 6.61. The molecule has 7 heteroatoms. The summed E-state index contributed by atoms with van der Waals surface area (Å²) in [5.41, 5.74) is 8.22. The lowest BCUT2D eigenvalue weighted by molar-refractivity contribution is -0.384. The molecule has 0 aliphatic carbocycles. The van der Waals surface area contributed by atoms with Crippen molar-refractivity contribution in [2.24, 2.45) is 5.73 Å². The van der Waals surface area contributed by atoms with Crippen LogP contribution in [0.1, 0.15) is 16.6 Å². The first-order valence-corrected chi connectivity index (χ1v) is 8.37. The van der Waals surface area contributed by atoms with Gasteiger partial charge in [0, 0.05) is 17.5 Å². The van der Waals surface area contributed by atoms with Gasteiger partial charge < -0.3 is 5.73 Å². The van der Waals surface area contributed by atoms with E-state index in [1.807, 2.05) is 22.9 Å². The van der Waals surface area contributed by atoms with Crippen molar-refractivity contribution in [2.45, 2.75) is 12.5 Å². The van der Waals surface area contributed by atoms with Gasteiger partial charge in [-0.05, 0) is 23.4 Å². The second kappa shape index (κ2) is 6.35. The molecule has 1 aromatic carbocycles. The van der Waals surface area contributed by atoms with Gasteiger partial charge >= 0.3 is 0 Å². The second-order valence-electron chi connectivity index (χ2n) is 4.78. The molecule has 3 aromatic rings. The lowest BCUT2D eigenvalue weighted by Gasteiger charge is -2.08. The summed E-state index contributed by atoms with van der Waals surface area (Å²) in [6.45, 7) is 0. The third-order valence-electron chi connectivity index (χ3n) is 3.22. The number of nitrogens with two attached hydrogens (primary N) is 1. The summed E-state index contributed by atoms with van der Waals surface area (Å²) in [6.07, 6.45) is 0.607. The number of nitrogens with zero attached hydrogens (tertiary/aromatic N) is 2. The van der Waals surface area contributed by atoms with Crippen molar-refractivity contribution in [3.05, 3.63) is 67.8 Å². The van der Waals surface area contributed by atoms with Crippen molar-refractivity contribution in [3.8, 4) is 10.6 Å². The van der Waals surface area contributed by atoms with Crippen molar-refractivity contribution < 1.29 is 4.92 Å². The molecule has 0 fully saturated rings. The van der Waals surface area contributed by atoms with Crippen LogP contribution in [-0.2, 0) is 6.42 Å². The molecule has 1 atom stereocenters. The van der Waals surface area contributed by atoms with Gasteiger partial charge in [-0.1, -0.05) is 18.2 Å². The number of non-ortho nitro benzene ring substituents is 1. The largest absolute Gasteiger partial charge is 0.322 e. The fraction of sp³-hybridized carbons (Fsp3) is 0.133. The molecule has 2 aromatic heterocycles. The summed E-state index contributed by atoms with van der Waals surface area (Å²) in [5.74, 6) is 0. The number of benzene rings is 1. The fourth-order valence-corrected chi connectivity index (χ4v) is 3.67. The average molecular weight is 331 g/mol. The number of aromatic nitrogens is 1. The molecule has 0 bridgehead atoms. The third kappa shape index (κ3) is 3.22. The van der Waals surface area contributed by atoms with Gasteiger partial charge in [-0.25, -0.2) is 4.98 Å². The standard InChI is InChI=1S/C15H13N3O2S2/c16-12(8-10-3-5-11(6-4-10)18(19)20)15-17-13(9-22-15)14-2-1-7-21-14/h1-7,9,12H,8,16H2/t12-/m0/s1. The van der Waals surface area contributed by atoms with Crippen LogP contribution in [0.3, 0.4) is 0 Å². The molecule has 0 radical (unpaired) electrons. The summed E-state index contributed by atoms with van der Waals surface area (Å²) in [6, 6.07) is 10.3. The Morgan fingerprint density at radius 3 is 2.64 bits per heavy atom. The van der Waals surface area contributed by atoms with Crippen molar-refractivity contribution >= 4 is 28.4 Å². The molecule has 0 saturated heterocycles. The highest BCUT2D eigenvalue weighted by Crippen LogP contribution is 2.29. The van der Waals surface area contributed by atoms with Crippen molar-refractivity contribution in [1.82, 2.24) is 4.98 Å². The van der Waals surface area contributed by atoms with Crippen LogP contribution >= 0.6 is 22.7 Å². The molecule has 2 N–H and O–H groups in total. The summed E-state index contributed by atoms with van der Waals surface area (Å²) >= 11 is 3.19. The fourth-order valence-electron chi connectivity index (χ4n) is 2.09. The van der Waals surface area contributed by atoms with Crippen molar-refractivity contribution in [1.29, 1.82) is 0 Å². The van der Waals surface area contributed by atoms with Gasteiger partial charge in [0.1, 0.15) is 5.01 Å². The molecule has 0 aliphatic heterocycles. The van der Waals surface area contributed by atoms with Crippen LogP contribution in [0.15, 0.2) is 47.2 Å². The predicted molar refractivity (Wildman–Crippen MR) is 89.2 cm³/mol. The first kappa shape index (κ1) is 14.8. The van der Waals surface area contributed by atoms with Gasteiger partial charge in [0.2, 0.25) is 0 Å². The van der Waals surface area contributed by atoms with E-state index in [-0.39, 0.29) is 11.7 Å². The Morgan fingerprint density at radius 2 is 2.00 bits per heavy atom. The molecule has 112 valence electrons. The van der Waals surface area contributed by atoms with E-state index in [0.717, 1.165) is 21.1 Å². The number of nitro groups is 1. The molecule has 0 amide bonds. The van der Waals surface area contributed by atoms with Gasteiger partial charge in [-0.2, -0.15) is 0 Å². The molecule has 22 heavy (non-hydrogen) atoms. The van der Waals surface area contributed by atoms with E-state index in [0.29, 0.717) is 6.42 Å². The van der Waals surface area contributed by atoms with Crippen LogP contribution in [0.4, 0.5) is 5.69 Å². The van der Waals surface area contributed by atoms with E-state index < -0.39 is 4.92 Å². The lowest BCUT2D eigenvalue weighted by Crippen LogP contribution is -2.13. The maximum atomic E-state index is 10.6. The average Bonchev–Trinajstić information content (AvgIpc) is 3.19. The van der Waals surface area contributed by atoms with Crippen LogP contribution in [-0.4, -0.2) is 9.91 Å². The number of hydrogen-bond acceptors (Lipinski definition) is 6. The SMILES string of the molecule is N[C@@H](Cc1ccc([N+](=O)[O-])cc1)c1nc(-c2cccs2)cs1. The van der Waals surface area contributed by atoms with Crippen LogP contribution in [0, 0.1) is 10.1 Å². The van der Waals surface area contributed by atoms with Gasteiger partial charge in [0.25, 0.3) is 5.69 Å². The minimum absolute atomic E-state index is 0.0894. The number of hydrogen-bond donors (Lipinski definition) is 1. The van der Waals surface area contributed by atoms with E-state index in [9.17, 15) is 10.1 Å². The third-order valence-corrected chi connectivity index (χ3v) is 5.08. The normalized spacial score (nSPS) is 12.2. The zero-order valence-electron chi connectivity index (χ0n) is 11.5. The lowest BCUT2D eigenvalue weighted by atomic mass is 10.1. The Labute approximate surface area is 135 Å². The zero-order chi connectivity index (χ0) is 15.5. The Bertz CT molecular complexity index is 766. The Morgan fingerprint density at radius 1 is 1.23 bits per heavy atom. The van der Waals surface area contributed by atoms with E-state index in [2.05, 4.69) is 4.98 Å². The molecule has 3 rings (SSSR count). The quantitative estimate of drug-likeness (QED) is 0.565. The van der Waals surface area contributed by atoms with Gasteiger partial charge in [0.05, 0.1) is 21.5 Å². The molecular formula is C15H13N3O2S2. The van der Waals surface area contributed by atoms with E-state index >= 15 is 0 Å². The monoisotopic (exact) mass is 331 g/mol. The highest BCUT2D eigenvalue weighted by Gasteiger charge is 2.14. The minimum Gasteiger partial charge on any atom is -0.322 e. The maximum absolute atomic E-state index is 10.6. The minimum atomic E-state index is -0.405. The van der Waals surface area contributed by atoms with Crippen LogP contribution in [0.5, 0.6) is 0 Å². The number of thiophene rings is 1. The predicted octanol–water partition coefficient (Wildman–Crippen LogP) is 4.02. The van der Waals surface area contributed by atoms with E-state index in [1.54, 1.807) is 34.8 Å². The highest BCUT2D eigenvalue weighted by molar-refractivity contribution is 7.14. The van der Waals surface area contributed by atoms with Gasteiger partial charge in [-0.3, -0.25) is 10.1 Å². The van der Waals surface area contributed by atoms with Crippen LogP contribution < -0.4 is 5.73 Å². The molecular weight excluding hydrogens is 318 g/mol. The maximum Gasteiger partial charge on any atom is 0.269 e. The number of rotatable bonds is 5. The first-order chi connectivity index (χ1) is 10.6. The molecule has 0 aliphatic rings. The number of nitro benzene ring substituents is 1. The topological polar surface area (TPSA) is 82.0 Å². The second-order valence-corrected chi connectivity index (χ2v) is 6.62. The Balaban J connectivity index is 1.71. The Hall–Kier alpha value is -2.09. The summed E-state index contributed by atoms with van der Waals surface area (Å²) in [7, 11) is 0. The summed E-state index contributed by atoms with van der Waals surface area (Å²) in [5, 5.41) is 15.6. The van der Waals surface area contributed by atoms with Crippen LogP contribution in [0.2, 0.25) is 0 Å². The zero-order valence-corrected chi connectivity index (χ0v) is 13.1. The van der Waals surface area contributed by atoms with E-state index in [4.69, 9.17) is 5.73 Å². The number of thiazole rings is 1. The smallest absolute Gasteiger partial charge is 0.269 e. The molecule has 0 spiro atoms. The van der Waals surface area contributed by atoms with Crippen molar-refractivity contribution in [3.63, 3.8) is 0 Å².